The summed E-state index contributed by atoms with van der Waals surface area (Å²) >= 11 is 0. The maximum atomic E-state index is 2.32. The Bertz CT molecular complexity index is 1660. The molecule has 0 aliphatic heterocycles. The molecular formula is C35H24. The third kappa shape index (κ3) is 3.07. The van der Waals surface area contributed by atoms with E-state index >= 15 is 0 Å². The molecule has 0 amide bonds. The van der Waals surface area contributed by atoms with Crippen molar-refractivity contribution in [3.8, 4) is 33.4 Å². The zero-order valence-corrected chi connectivity index (χ0v) is 19.4. The number of hydrogen-bond donors (Lipinski definition) is 0. The van der Waals surface area contributed by atoms with Gasteiger partial charge in [0.15, 0.2) is 0 Å². The average Bonchev–Trinajstić information content (AvgIpc) is 3.27. The molecule has 6 aromatic carbocycles. The van der Waals surface area contributed by atoms with Crippen LogP contribution in [0.3, 0.4) is 0 Å². The van der Waals surface area contributed by atoms with Crippen LogP contribution in [-0.4, -0.2) is 0 Å². The standard InChI is InChI=1S/C35H24/c1-4-14-24(15-5-1)31-27-20-10-11-21-28(27)32(25-16-6-2-7-17-25)35-33(26-18-8-3-9-19-26)29-22-12-13-23-30(29)34(31)35/h1-23,33H. The summed E-state index contributed by atoms with van der Waals surface area (Å²) in [4.78, 5) is 0. The molecule has 1 unspecified atom stereocenters. The van der Waals surface area contributed by atoms with E-state index in [0.29, 0.717) is 0 Å². The van der Waals surface area contributed by atoms with E-state index in [1.165, 1.54) is 60.8 Å². The SMILES string of the molecule is c1ccc(-c2c3c(c(-c4ccccc4)c4ccccc24)C(c2ccccc2)c2ccccc2-3)cc1. The molecule has 0 radical (unpaired) electrons. The lowest BCUT2D eigenvalue weighted by molar-refractivity contribution is 1.02. The molecule has 6 aromatic rings. The van der Waals surface area contributed by atoms with Gasteiger partial charge in [0, 0.05) is 5.92 Å². The predicted molar refractivity (Wildman–Crippen MR) is 148 cm³/mol. The summed E-state index contributed by atoms with van der Waals surface area (Å²) in [5.74, 6) is 0.185. The van der Waals surface area contributed by atoms with Gasteiger partial charge in [0.25, 0.3) is 0 Å². The number of rotatable bonds is 3. The quantitative estimate of drug-likeness (QED) is 0.255. The molecule has 1 aliphatic rings. The maximum absolute atomic E-state index is 2.32. The molecule has 0 heteroatoms. The van der Waals surface area contributed by atoms with E-state index < -0.39 is 0 Å². The molecule has 0 N–H and O–H groups in total. The lowest BCUT2D eigenvalue weighted by atomic mass is 9.80. The second kappa shape index (κ2) is 8.11. The van der Waals surface area contributed by atoms with Gasteiger partial charge < -0.3 is 0 Å². The molecule has 0 heterocycles. The molecule has 35 heavy (non-hydrogen) atoms. The molecule has 164 valence electrons. The zero-order valence-electron chi connectivity index (χ0n) is 19.4. The Balaban J connectivity index is 1.73. The van der Waals surface area contributed by atoms with Crippen LogP contribution in [0, 0.1) is 0 Å². The summed E-state index contributed by atoms with van der Waals surface area (Å²) in [5, 5.41) is 2.62. The Morgan fingerprint density at radius 3 is 1.51 bits per heavy atom. The highest BCUT2D eigenvalue weighted by molar-refractivity contribution is 6.14. The molecule has 0 saturated carbocycles. The first-order valence-electron chi connectivity index (χ1n) is 12.3. The minimum Gasteiger partial charge on any atom is -0.0622 e. The second-order valence-electron chi connectivity index (χ2n) is 9.25. The Kier molecular flexibility index (Phi) is 4.63. The second-order valence-corrected chi connectivity index (χ2v) is 9.25. The predicted octanol–water partition coefficient (Wildman–Crippen LogP) is 9.33. The first-order valence-corrected chi connectivity index (χ1v) is 12.3. The maximum Gasteiger partial charge on any atom is 0.0358 e. The van der Waals surface area contributed by atoms with Crippen LogP contribution < -0.4 is 0 Å². The molecule has 0 bridgehead atoms. The minimum atomic E-state index is 0.185. The molecule has 7 rings (SSSR count). The number of benzene rings is 6. The van der Waals surface area contributed by atoms with Gasteiger partial charge in [-0.3, -0.25) is 0 Å². The van der Waals surface area contributed by atoms with Crippen molar-refractivity contribution in [3.63, 3.8) is 0 Å². The fourth-order valence-electron chi connectivity index (χ4n) is 5.97. The average molecular weight is 445 g/mol. The Labute approximate surface area is 206 Å². The van der Waals surface area contributed by atoms with Gasteiger partial charge in [-0.15, -0.1) is 0 Å². The van der Waals surface area contributed by atoms with Crippen molar-refractivity contribution >= 4 is 10.8 Å². The van der Waals surface area contributed by atoms with Crippen LogP contribution in [0.2, 0.25) is 0 Å². The van der Waals surface area contributed by atoms with Crippen LogP contribution in [0.5, 0.6) is 0 Å². The third-order valence-corrected chi connectivity index (χ3v) is 7.34. The Morgan fingerprint density at radius 2 is 0.857 bits per heavy atom. The molecule has 0 saturated heterocycles. The van der Waals surface area contributed by atoms with Gasteiger partial charge >= 0.3 is 0 Å². The van der Waals surface area contributed by atoms with E-state index in [9.17, 15) is 0 Å². The molecular weight excluding hydrogens is 420 g/mol. The van der Waals surface area contributed by atoms with Crippen LogP contribution in [0.15, 0.2) is 140 Å². The summed E-state index contributed by atoms with van der Waals surface area (Å²) in [6.07, 6.45) is 0. The van der Waals surface area contributed by atoms with E-state index in [2.05, 4.69) is 140 Å². The highest BCUT2D eigenvalue weighted by Crippen LogP contribution is 2.57. The fourth-order valence-corrected chi connectivity index (χ4v) is 5.97. The highest BCUT2D eigenvalue weighted by Gasteiger charge is 2.36. The van der Waals surface area contributed by atoms with Crippen LogP contribution in [0.1, 0.15) is 22.6 Å². The van der Waals surface area contributed by atoms with Crippen LogP contribution in [0.4, 0.5) is 0 Å². The van der Waals surface area contributed by atoms with Gasteiger partial charge in [-0.05, 0) is 60.8 Å². The van der Waals surface area contributed by atoms with Crippen molar-refractivity contribution in [3.05, 3.63) is 156 Å². The van der Waals surface area contributed by atoms with E-state index in [1.807, 2.05) is 0 Å². The first kappa shape index (κ1) is 20.0. The minimum absolute atomic E-state index is 0.185. The normalized spacial score (nSPS) is 14.0. The van der Waals surface area contributed by atoms with Crippen molar-refractivity contribution in [2.45, 2.75) is 5.92 Å². The highest BCUT2D eigenvalue weighted by atomic mass is 14.4. The first-order chi connectivity index (χ1) is 17.4. The van der Waals surface area contributed by atoms with Gasteiger partial charge in [0.05, 0.1) is 0 Å². The summed E-state index contributed by atoms with van der Waals surface area (Å²) in [7, 11) is 0. The van der Waals surface area contributed by atoms with Crippen molar-refractivity contribution in [2.75, 3.05) is 0 Å². The molecule has 0 nitrogen and oxygen atoms in total. The largest absolute Gasteiger partial charge is 0.0622 e. The van der Waals surface area contributed by atoms with Crippen molar-refractivity contribution in [1.82, 2.24) is 0 Å². The smallest absolute Gasteiger partial charge is 0.0358 e. The molecule has 1 aliphatic carbocycles. The third-order valence-electron chi connectivity index (χ3n) is 7.34. The van der Waals surface area contributed by atoms with Gasteiger partial charge in [-0.2, -0.15) is 0 Å². The van der Waals surface area contributed by atoms with Crippen LogP contribution in [-0.2, 0) is 0 Å². The van der Waals surface area contributed by atoms with E-state index in [0.717, 1.165) is 0 Å². The fraction of sp³-hybridized carbons (Fsp3) is 0.0286. The van der Waals surface area contributed by atoms with Crippen LogP contribution in [0.25, 0.3) is 44.2 Å². The van der Waals surface area contributed by atoms with Gasteiger partial charge in [0.2, 0.25) is 0 Å². The Morgan fingerprint density at radius 1 is 0.371 bits per heavy atom. The van der Waals surface area contributed by atoms with E-state index in [1.54, 1.807) is 0 Å². The van der Waals surface area contributed by atoms with E-state index in [4.69, 9.17) is 0 Å². The monoisotopic (exact) mass is 444 g/mol. The molecule has 0 fully saturated rings. The number of fused-ring (bicyclic) bond motifs is 4. The van der Waals surface area contributed by atoms with Crippen molar-refractivity contribution in [2.24, 2.45) is 0 Å². The topological polar surface area (TPSA) is 0 Å². The lowest BCUT2D eigenvalue weighted by Crippen LogP contribution is -2.02. The van der Waals surface area contributed by atoms with Crippen molar-refractivity contribution < 1.29 is 0 Å². The van der Waals surface area contributed by atoms with Crippen molar-refractivity contribution in [1.29, 1.82) is 0 Å². The summed E-state index contributed by atoms with van der Waals surface area (Å²) in [5.41, 5.74) is 12.1. The molecule has 1 atom stereocenters. The Hall–Kier alpha value is -4.42. The van der Waals surface area contributed by atoms with Gasteiger partial charge in [-0.25, -0.2) is 0 Å². The molecule has 0 spiro atoms. The van der Waals surface area contributed by atoms with Gasteiger partial charge in [-0.1, -0.05) is 140 Å². The zero-order chi connectivity index (χ0) is 23.2. The summed E-state index contributed by atoms with van der Waals surface area (Å²) in [6, 6.07) is 50.8. The van der Waals surface area contributed by atoms with Gasteiger partial charge in [0.1, 0.15) is 0 Å². The molecule has 0 aromatic heterocycles. The van der Waals surface area contributed by atoms with E-state index in [-0.39, 0.29) is 5.92 Å². The summed E-state index contributed by atoms with van der Waals surface area (Å²) in [6.45, 7) is 0. The van der Waals surface area contributed by atoms with Crippen LogP contribution >= 0.6 is 0 Å². The number of hydrogen-bond acceptors (Lipinski definition) is 0. The lowest BCUT2D eigenvalue weighted by Gasteiger charge is -2.23. The summed E-state index contributed by atoms with van der Waals surface area (Å²) < 4.78 is 0.